The van der Waals surface area contributed by atoms with Crippen LogP contribution in [0.1, 0.15) is 15.9 Å². The number of furan rings is 1. The second-order valence-electron chi connectivity index (χ2n) is 5.45. The Bertz CT molecular complexity index is 1100. The van der Waals surface area contributed by atoms with Crippen LogP contribution in [0, 0.1) is 10.1 Å². The lowest BCUT2D eigenvalue weighted by atomic mass is 10.0. The minimum Gasteiger partial charge on any atom is -0.456 e. The van der Waals surface area contributed by atoms with Crippen molar-refractivity contribution in [1.82, 2.24) is 0 Å². The quantitative estimate of drug-likeness (QED) is 0.311. The Labute approximate surface area is 136 Å². The van der Waals surface area contributed by atoms with Gasteiger partial charge in [-0.1, -0.05) is 30.3 Å². The maximum Gasteiger partial charge on any atom is 0.270 e. The van der Waals surface area contributed by atoms with Crippen molar-refractivity contribution in [3.05, 3.63) is 88.0 Å². The van der Waals surface area contributed by atoms with Gasteiger partial charge in [0.15, 0.2) is 5.78 Å². The van der Waals surface area contributed by atoms with Gasteiger partial charge in [-0.2, -0.15) is 0 Å². The van der Waals surface area contributed by atoms with Gasteiger partial charge in [-0.25, -0.2) is 0 Å². The number of ketones is 1. The molecular weight excluding hydrogens is 306 g/mol. The Morgan fingerprint density at radius 2 is 1.50 bits per heavy atom. The number of rotatable bonds is 3. The number of nitro groups is 1. The van der Waals surface area contributed by atoms with Crippen molar-refractivity contribution in [3.63, 3.8) is 0 Å². The van der Waals surface area contributed by atoms with Crippen molar-refractivity contribution in [2.75, 3.05) is 0 Å². The molecular formula is C19H11NO4. The lowest BCUT2D eigenvalue weighted by molar-refractivity contribution is -0.384. The largest absolute Gasteiger partial charge is 0.456 e. The lowest BCUT2D eigenvalue weighted by Crippen LogP contribution is -2.00. The average Bonchev–Trinajstić information content (AvgIpc) is 2.98. The second-order valence-corrected chi connectivity index (χ2v) is 5.45. The predicted octanol–water partition coefficient (Wildman–Crippen LogP) is 4.73. The summed E-state index contributed by atoms with van der Waals surface area (Å²) in [7, 11) is 0. The van der Waals surface area contributed by atoms with Gasteiger partial charge < -0.3 is 4.42 Å². The fraction of sp³-hybridized carbons (Fsp3) is 0. The molecule has 1 aromatic heterocycles. The van der Waals surface area contributed by atoms with Gasteiger partial charge in [-0.3, -0.25) is 14.9 Å². The van der Waals surface area contributed by atoms with Crippen molar-refractivity contribution in [2.45, 2.75) is 0 Å². The molecule has 0 amide bonds. The fourth-order valence-electron chi connectivity index (χ4n) is 2.78. The fourth-order valence-corrected chi connectivity index (χ4v) is 2.78. The van der Waals surface area contributed by atoms with E-state index in [1.54, 1.807) is 36.4 Å². The highest BCUT2D eigenvalue weighted by Crippen LogP contribution is 2.32. The minimum atomic E-state index is -0.447. The summed E-state index contributed by atoms with van der Waals surface area (Å²) in [4.78, 5) is 23.1. The molecule has 0 aliphatic heterocycles. The van der Waals surface area contributed by atoms with Crippen LogP contribution in [-0.4, -0.2) is 10.7 Å². The Hall–Kier alpha value is -3.47. The van der Waals surface area contributed by atoms with E-state index in [0.717, 1.165) is 0 Å². The van der Waals surface area contributed by atoms with Gasteiger partial charge in [0.2, 0.25) is 0 Å². The van der Waals surface area contributed by atoms with Crippen molar-refractivity contribution in [1.29, 1.82) is 0 Å². The van der Waals surface area contributed by atoms with Gasteiger partial charge in [-0.05, 0) is 24.3 Å². The molecule has 0 atom stereocenters. The summed E-state index contributed by atoms with van der Waals surface area (Å²) in [5.74, 6) is -0.0997. The highest BCUT2D eigenvalue weighted by molar-refractivity contribution is 6.13. The van der Waals surface area contributed by atoms with E-state index in [2.05, 4.69) is 0 Å². The third kappa shape index (κ3) is 2.23. The molecule has 5 heteroatoms. The van der Waals surface area contributed by atoms with Crippen LogP contribution in [0.25, 0.3) is 21.9 Å². The van der Waals surface area contributed by atoms with E-state index in [1.807, 2.05) is 18.2 Å². The minimum absolute atomic E-state index is 0.00927. The van der Waals surface area contributed by atoms with E-state index >= 15 is 0 Å². The molecule has 0 fully saturated rings. The molecule has 116 valence electrons. The number of carbonyl (C=O) groups is 1. The van der Waals surface area contributed by atoms with E-state index in [-0.39, 0.29) is 11.5 Å². The first-order chi connectivity index (χ1) is 11.6. The average molecular weight is 317 g/mol. The zero-order chi connectivity index (χ0) is 16.7. The number of nitro benzene ring substituents is 1. The third-order valence-electron chi connectivity index (χ3n) is 3.96. The van der Waals surface area contributed by atoms with Crippen LogP contribution in [0.15, 0.2) is 71.1 Å². The molecule has 3 aromatic carbocycles. The Kier molecular flexibility index (Phi) is 3.13. The molecule has 24 heavy (non-hydrogen) atoms. The van der Waals surface area contributed by atoms with E-state index in [9.17, 15) is 14.9 Å². The number of hydrogen-bond acceptors (Lipinski definition) is 4. The van der Waals surface area contributed by atoms with Crippen LogP contribution >= 0.6 is 0 Å². The highest BCUT2D eigenvalue weighted by atomic mass is 16.6. The van der Waals surface area contributed by atoms with Gasteiger partial charge in [0.1, 0.15) is 11.2 Å². The standard InChI is InChI=1S/C19H11NO4/c21-19(12-4-2-1-3-5-12)13-6-8-17-15(10-13)16-11-14(20(22)23)7-9-18(16)24-17/h1-11H. The molecule has 0 aliphatic carbocycles. The number of benzene rings is 3. The van der Waals surface area contributed by atoms with Crippen molar-refractivity contribution < 1.29 is 14.1 Å². The molecule has 0 N–H and O–H groups in total. The number of hydrogen-bond donors (Lipinski definition) is 0. The van der Waals surface area contributed by atoms with Gasteiger partial charge >= 0.3 is 0 Å². The molecule has 4 rings (SSSR count). The van der Waals surface area contributed by atoms with E-state index in [1.165, 1.54) is 12.1 Å². The summed E-state index contributed by atoms with van der Waals surface area (Å²) in [5, 5.41) is 12.3. The Morgan fingerprint density at radius 3 is 2.21 bits per heavy atom. The van der Waals surface area contributed by atoms with Crippen LogP contribution in [0.5, 0.6) is 0 Å². The summed E-state index contributed by atoms with van der Waals surface area (Å²) >= 11 is 0. The van der Waals surface area contributed by atoms with E-state index in [4.69, 9.17) is 4.42 Å². The molecule has 0 bridgehead atoms. The van der Waals surface area contributed by atoms with Crippen LogP contribution in [-0.2, 0) is 0 Å². The predicted molar refractivity (Wildman–Crippen MR) is 90.2 cm³/mol. The molecule has 0 aliphatic rings. The van der Waals surface area contributed by atoms with Gasteiger partial charge in [-0.15, -0.1) is 0 Å². The summed E-state index contributed by atoms with van der Waals surface area (Å²) in [6.07, 6.45) is 0. The zero-order valence-corrected chi connectivity index (χ0v) is 12.4. The zero-order valence-electron chi connectivity index (χ0n) is 12.4. The van der Waals surface area contributed by atoms with Crippen LogP contribution in [0.2, 0.25) is 0 Å². The number of nitrogens with zero attached hydrogens (tertiary/aromatic N) is 1. The second kappa shape index (κ2) is 5.31. The van der Waals surface area contributed by atoms with Crippen molar-refractivity contribution in [2.24, 2.45) is 0 Å². The normalized spacial score (nSPS) is 11.0. The highest BCUT2D eigenvalue weighted by Gasteiger charge is 2.15. The number of carbonyl (C=O) groups excluding carboxylic acids is 1. The van der Waals surface area contributed by atoms with Gasteiger partial charge in [0, 0.05) is 34.0 Å². The topological polar surface area (TPSA) is 73.3 Å². The van der Waals surface area contributed by atoms with Crippen molar-refractivity contribution in [3.8, 4) is 0 Å². The summed E-state index contributed by atoms with van der Waals surface area (Å²) in [6.45, 7) is 0. The molecule has 0 saturated heterocycles. The van der Waals surface area contributed by atoms with E-state index in [0.29, 0.717) is 33.1 Å². The first-order valence-corrected chi connectivity index (χ1v) is 7.34. The lowest BCUT2D eigenvalue weighted by Gasteiger charge is -2.01. The first kappa shape index (κ1) is 14.1. The summed E-state index contributed by atoms with van der Waals surface area (Å²) in [6, 6.07) is 18.6. The first-order valence-electron chi connectivity index (χ1n) is 7.34. The van der Waals surface area contributed by atoms with Gasteiger partial charge in [0.05, 0.1) is 4.92 Å². The smallest absolute Gasteiger partial charge is 0.270 e. The maximum absolute atomic E-state index is 12.6. The molecule has 0 unspecified atom stereocenters. The Balaban J connectivity index is 1.90. The van der Waals surface area contributed by atoms with Crippen molar-refractivity contribution >= 4 is 33.4 Å². The molecule has 5 nitrogen and oxygen atoms in total. The number of non-ortho nitro benzene ring substituents is 1. The maximum atomic E-state index is 12.6. The molecule has 0 spiro atoms. The SMILES string of the molecule is O=C(c1ccccc1)c1ccc2oc3ccc([N+](=O)[O-])cc3c2c1. The molecule has 0 radical (unpaired) electrons. The number of fused-ring (bicyclic) bond motifs is 3. The summed E-state index contributed by atoms with van der Waals surface area (Å²) in [5.41, 5.74) is 2.25. The molecule has 4 aromatic rings. The van der Waals surface area contributed by atoms with Crippen LogP contribution < -0.4 is 0 Å². The monoisotopic (exact) mass is 317 g/mol. The van der Waals surface area contributed by atoms with Crippen LogP contribution in [0.3, 0.4) is 0 Å². The van der Waals surface area contributed by atoms with Crippen LogP contribution in [0.4, 0.5) is 5.69 Å². The molecule has 0 saturated carbocycles. The third-order valence-corrected chi connectivity index (χ3v) is 3.96. The molecule has 1 heterocycles. The van der Waals surface area contributed by atoms with Gasteiger partial charge in [0.25, 0.3) is 5.69 Å². The Morgan fingerprint density at radius 1 is 0.833 bits per heavy atom. The summed E-state index contributed by atoms with van der Waals surface area (Å²) < 4.78 is 5.69. The van der Waals surface area contributed by atoms with E-state index < -0.39 is 4.92 Å².